The molecule has 0 aliphatic rings. The predicted molar refractivity (Wildman–Crippen MR) is 55.8 cm³/mol. The standard InChI is InChI=1S/C10H17N3/c1-2-9-8-10(4-7-13-9)12-6-3-5-11/h4,7-8H,2-3,5-6,11H2,1H3,(H,12,13). The van der Waals surface area contributed by atoms with Crippen LogP contribution < -0.4 is 11.1 Å². The Balaban J connectivity index is 2.46. The number of hydrogen-bond donors (Lipinski definition) is 2. The van der Waals surface area contributed by atoms with Gasteiger partial charge < -0.3 is 11.1 Å². The molecule has 0 saturated heterocycles. The van der Waals surface area contributed by atoms with E-state index in [1.165, 1.54) is 0 Å². The fourth-order valence-corrected chi connectivity index (χ4v) is 1.12. The topological polar surface area (TPSA) is 50.9 Å². The van der Waals surface area contributed by atoms with Crippen molar-refractivity contribution in [1.82, 2.24) is 4.98 Å². The third-order valence-corrected chi connectivity index (χ3v) is 1.89. The molecule has 0 aliphatic heterocycles. The van der Waals surface area contributed by atoms with Crippen molar-refractivity contribution in [3.63, 3.8) is 0 Å². The molecule has 0 fully saturated rings. The van der Waals surface area contributed by atoms with E-state index in [4.69, 9.17) is 5.73 Å². The quantitative estimate of drug-likeness (QED) is 0.672. The van der Waals surface area contributed by atoms with Gasteiger partial charge in [-0.3, -0.25) is 4.98 Å². The SMILES string of the molecule is CCc1cc(NCCCN)ccn1. The van der Waals surface area contributed by atoms with Crippen molar-refractivity contribution >= 4 is 5.69 Å². The van der Waals surface area contributed by atoms with Gasteiger partial charge in [-0.05, 0) is 31.5 Å². The van der Waals surface area contributed by atoms with Gasteiger partial charge in [-0.2, -0.15) is 0 Å². The first-order valence-electron chi connectivity index (χ1n) is 4.75. The zero-order valence-electron chi connectivity index (χ0n) is 8.09. The molecular formula is C10H17N3. The average molecular weight is 179 g/mol. The second kappa shape index (κ2) is 5.54. The summed E-state index contributed by atoms with van der Waals surface area (Å²) in [7, 11) is 0. The highest BCUT2D eigenvalue weighted by molar-refractivity contribution is 5.43. The summed E-state index contributed by atoms with van der Waals surface area (Å²) in [6.45, 7) is 3.77. The maximum Gasteiger partial charge on any atom is 0.0421 e. The Hall–Kier alpha value is -1.09. The maximum atomic E-state index is 5.40. The van der Waals surface area contributed by atoms with E-state index < -0.39 is 0 Å². The molecule has 1 aromatic rings. The molecule has 0 aliphatic carbocycles. The number of hydrogen-bond acceptors (Lipinski definition) is 3. The number of pyridine rings is 1. The number of nitrogens with one attached hydrogen (secondary N) is 1. The van der Waals surface area contributed by atoms with E-state index in [9.17, 15) is 0 Å². The summed E-state index contributed by atoms with van der Waals surface area (Å²) in [4.78, 5) is 4.22. The Morgan fingerprint density at radius 3 is 3.08 bits per heavy atom. The third kappa shape index (κ3) is 3.42. The lowest BCUT2D eigenvalue weighted by Gasteiger charge is -2.05. The van der Waals surface area contributed by atoms with Crippen LogP contribution in [0.3, 0.4) is 0 Å². The Labute approximate surface area is 79.4 Å². The lowest BCUT2D eigenvalue weighted by Crippen LogP contribution is -2.08. The molecular weight excluding hydrogens is 162 g/mol. The summed E-state index contributed by atoms with van der Waals surface area (Å²) in [6, 6.07) is 4.06. The summed E-state index contributed by atoms with van der Waals surface area (Å²) < 4.78 is 0. The van der Waals surface area contributed by atoms with Crippen molar-refractivity contribution in [2.45, 2.75) is 19.8 Å². The molecule has 13 heavy (non-hydrogen) atoms. The summed E-state index contributed by atoms with van der Waals surface area (Å²) >= 11 is 0. The highest BCUT2D eigenvalue weighted by Gasteiger charge is 1.93. The van der Waals surface area contributed by atoms with Crippen molar-refractivity contribution < 1.29 is 0 Å². The largest absolute Gasteiger partial charge is 0.385 e. The number of aryl methyl sites for hydroxylation is 1. The molecule has 3 heteroatoms. The van der Waals surface area contributed by atoms with Crippen molar-refractivity contribution in [1.29, 1.82) is 0 Å². The Kier molecular flexibility index (Phi) is 4.26. The molecule has 0 aromatic carbocycles. The molecule has 1 heterocycles. The van der Waals surface area contributed by atoms with Crippen molar-refractivity contribution in [2.75, 3.05) is 18.4 Å². The molecule has 0 amide bonds. The second-order valence-corrected chi connectivity index (χ2v) is 2.96. The molecule has 3 nitrogen and oxygen atoms in total. The van der Waals surface area contributed by atoms with Crippen LogP contribution in [0.15, 0.2) is 18.3 Å². The Morgan fingerprint density at radius 2 is 2.38 bits per heavy atom. The maximum absolute atomic E-state index is 5.40. The zero-order chi connectivity index (χ0) is 9.52. The van der Waals surface area contributed by atoms with Gasteiger partial charge in [0.15, 0.2) is 0 Å². The van der Waals surface area contributed by atoms with E-state index >= 15 is 0 Å². The summed E-state index contributed by atoms with van der Waals surface area (Å²) in [5.41, 5.74) is 7.66. The molecule has 1 rings (SSSR count). The smallest absolute Gasteiger partial charge is 0.0421 e. The van der Waals surface area contributed by atoms with E-state index in [1.807, 2.05) is 12.3 Å². The van der Waals surface area contributed by atoms with E-state index in [0.717, 1.165) is 37.3 Å². The van der Waals surface area contributed by atoms with Crippen LogP contribution >= 0.6 is 0 Å². The predicted octanol–water partition coefficient (Wildman–Crippen LogP) is 1.40. The van der Waals surface area contributed by atoms with Crippen molar-refractivity contribution in [3.05, 3.63) is 24.0 Å². The normalized spacial score (nSPS) is 10.0. The second-order valence-electron chi connectivity index (χ2n) is 2.96. The summed E-state index contributed by atoms with van der Waals surface area (Å²) in [5, 5.41) is 3.30. The number of nitrogens with two attached hydrogens (primary N) is 1. The van der Waals surface area contributed by atoms with Gasteiger partial charge in [0.25, 0.3) is 0 Å². The van der Waals surface area contributed by atoms with Crippen LogP contribution in [0, 0.1) is 0 Å². The minimum Gasteiger partial charge on any atom is -0.385 e. The van der Waals surface area contributed by atoms with Gasteiger partial charge in [-0.1, -0.05) is 6.92 Å². The van der Waals surface area contributed by atoms with E-state index in [-0.39, 0.29) is 0 Å². The highest BCUT2D eigenvalue weighted by atomic mass is 14.9. The third-order valence-electron chi connectivity index (χ3n) is 1.89. The Morgan fingerprint density at radius 1 is 1.54 bits per heavy atom. The van der Waals surface area contributed by atoms with Crippen LogP contribution in [0.4, 0.5) is 5.69 Å². The zero-order valence-corrected chi connectivity index (χ0v) is 8.09. The van der Waals surface area contributed by atoms with Crippen molar-refractivity contribution in [2.24, 2.45) is 5.73 Å². The lowest BCUT2D eigenvalue weighted by atomic mass is 10.2. The van der Waals surface area contributed by atoms with Crippen molar-refractivity contribution in [3.8, 4) is 0 Å². The first-order chi connectivity index (χ1) is 6.36. The molecule has 72 valence electrons. The van der Waals surface area contributed by atoms with Crippen LogP contribution in [0.1, 0.15) is 19.0 Å². The fraction of sp³-hybridized carbons (Fsp3) is 0.500. The van der Waals surface area contributed by atoms with E-state index in [0.29, 0.717) is 0 Å². The minimum absolute atomic E-state index is 0.735. The van der Waals surface area contributed by atoms with E-state index in [2.05, 4.69) is 23.3 Å². The van der Waals surface area contributed by atoms with Gasteiger partial charge in [-0.25, -0.2) is 0 Å². The highest BCUT2D eigenvalue weighted by Crippen LogP contribution is 2.07. The average Bonchev–Trinajstić information content (AvgIpc) is 2.19. The molecule has 0 spiro atoms. The molecule has 3 N–H and O–H groups in total. The molecule has 0 unspecified atom stereocenters. The summed E-state index contributed by atoms with van der Waals surface area (Å²) in [5.74, 6) is 0. The van der Waals surface area contributed by atoms with Gasteiger partial charge in [0, 0.05) is 24.1 Å². The van der Waals surface area contributed by atoms with Crippen LogP contribution in [0.5, 0.6) is 0 Å². The van der Waals surface area contributed by atoms with Gasteiger partial charge in [-0.15, -0.1) is 0 Å². The molecule has 0 saturated carbocycles. The molecule has 1 aromatic heterocycles. The number of anilines is 1. The van der Waals surface area contributed by atoms with Crippen LogP contribution in [-0.4, -0.2) is 18.1 Å². The lowest BCUT2D eigenvalue weighted by molar-refractivity contribution is 0.873. The first kappa shape index (κ1) is 9.99. The first-order valence-corrected chi connectivity index (χ1v) is 4.75. The van der Waals surface area contributed by atoms with E-state index in [1.54, 1.807) is 0 Å². The van der Waals surface area contributed by atoms with Crippen LogP contribution in [0.25, 0.3) is 0 Å². The Bertz CT molecular complexity index is 248. The number of nitrogens with zero attached hydrogens (tertiary/aromatic N) is 1. The van der Waals surface area contributed by atoms with Gasteiger partial charge in [0.05, 0.1) is 0 Å². The van der Waals surface area contributed by atoms with Gasteiger partial charge >= 0.3 is 0 Å². The monoisotopic (exact) mass is 179 g/mol. The van der Waals surface area contributed by atoms with Crippen LogP contribution in [0.2, 0.25) is 0 Å². The fourth-order valence-electron chi connectivity index (χ4n) is 1.12. The molecule has 0 atom stereocenters. The minimum atomic E-state index is 0.735. The van der Waals surface area contributed by atoms with Gasteiger partial charge in [0.1, 0.15) is 0 Å². The summed E-state index contributed by atoms with van der Waals surface area (Å²) in [6.07, 6.45) is 3.82. The number of aromatic nitrogens is 1. The molecule has 0 radical (unpaired) electrons. The van der Waals surface area contributed by atoms with Gasteiger partial charge in [0.2, 0.25) is 0 Å². The molecule has 0 bridgehead atoms. The van der Waals surface area contributed by atoms with Crippen LogP contribution in [-0.2, 0) is 6.42 Å². The number of rotatable bonds is 5.